The van der Waals surface area contributed by atoms with Gasteiger partial charge in [0, 0.05) is 27.2 Å². The van der Waals surface area contributed by atoms with Crippen LogP contribution in [0, 0.1) is 0 Å². The fourth-order valence-electron chi connectivity index (χ4n) is 3.93. The van der Waals surface area contributed by atoms with Crippen LogP contribution in [0.5, 0.6) is 17.2 Å². The van der Waals surface area contributed by atoms with Crippen molar-refractivity contribution in [1.82, 2.24) is 18.7 Å². The first kappa shape index (κ1) is 25.2. The molecule has 0 aliphatic heterocycles. The van der Waals surface area contributed by atoms with Gasteiger partial charge >= 0.3 is 5.69 Å². The SMILES string of the molecule is COc1cc(CNc2nc3c(c(=O)n(CCCCC(C)O)c(=O)n3C)n2C)cc(OC)c1OC. The summed E-state index contributed by atoms with van der Waals surface area (Å²) in [5.74, 6) is 2.01. The highest BCUT2D eigenvalue weighted by Crippen LogP contribution is 2.38. The van der Waals surface area contributed by atoms with Gasteiger partial charge in [0.15, 0.2) is 22.7 Å². The lowest BCUT2D eigenvalue weighted by molar-refractivity contribution is 0.180. The molecule has 0 amide bonds. The summed E-state index contributed by atoms with van der Waals surface area (Å²) >= 11 is 0. The summed E-state index contributed by atoms with van der Waals surface area (Å²) in [6.45, 7) is 2.38. The molecule has 1 unspecified atom stereocenters. The molecule has 11 heteroatoms. The number of aryl methyl sites for hydroxylation is 2. The van der Waals surface area contributed by atoms with E-state index in [1.807, 2.05) is 12.1 Å². The van der Waals surface area contributed by atoms with Gasteiger partial charge in [-0.2, -0.15) is 4.98 Å². The average molecular weight is 476 g/mol. The minimum Gasteiger partial charge on any atom is -0.493 e. The molecule has 0 bridgehead atoms. The molecule has 0 saturated carbocycles. The number of nitrogens with one attached hydrogen (secondary N) is 1. The Kier molecular flexibility index (Phi) is 7.87. The molecule has 0 aliphatic carbocycles. The van der Waals surface area contributed by atoms with Crippen LogP contribution in [0.25, 0.3) is 11.2 Å². The van der Waals surface area contributed by atoms with Gasteiger partial charge in [0.1, 0.15) is 0 Å². The van der Waals surface area contributed by atoms with Crippen LogP contribution in [0.2, 0.25) is 0 Å². The van der Waals surface area contributed by atoms with Crippen molar-refractivity contribution in [1.29, 1.82) is 0 Å². The first-order valence-corrected chi connectivity index (χ1v) is 11.1. The molecule has 11 nitrogen and oxygen atoms in total. The van der Waals surface area contributed by atoms with Crippen LogP contribution >= 0.6 is 0 Å². The van der Waals surface area contributed by atoms with Crippen molar-refractivity contribution < 1.29 is 19.3 Å². The van der Waals surface area contributed by atoms with Crippen LogP contribution in [0.15, 0.2) is 21.7 Å². The molecule has 0 spiro atoms. The molecule has 0 radical (unpaired) electrons. The highest BCUT2D eigenvalue weighted by Gasteiger charge is 2.19. The molecule has 0 aliphatic rings. The van der Waals surface area contributed by atoms with Crippen LogP contribution in [0.1, 0.15) is 31.7 Å². The molecule has 3 rings (SSSR count). The number of hydrogen-bond donors (Lipinski definition) is 2. The maximum atomic E-state index is 13.1. The Bertz CT molecular complexity index is 1250. The maximum absolute atomic E-state index is 13.1. The Morgan fingerprint density at radius 1 is 1.03 bits per heavy atom. The van der Waals surface area contributed by atoms with E-state index in [2.05, 4.69) is 10.3 Å². The van der Waals surface area contributed by atoms with Crippen molar-refractivity contribution in [2.45, 2.75) is 45.4 Å². The Hall–Kier alpha value is -3.47. The lowest BCUT2D eigenvalue weighted by atomic mass is 10.2. The van der Waals surface area contributed by atoms with Gasteiger partial charge < -0.3 is 29.2 Å². The number of ether oxygens (including phenoxy) is 3. The topological polar surface area (TPSA) is 122 Å². The van der Waals surface area contributed by atoms with Crippen LogP contribution in [0.3, 0.4) is 0 Å². The maximum Gasteiger partial charge on any atom is 0.332 e. The Balaban J connectivity index is 1.91. The number of fused-ring (bicyclic) bond motifs is 1. The third-order valence-electron chi connectivity index (χ3n) is 5.79. The van der Waals surface area contributed by atoms with E-state index in [1.165, 1.54) is 9.13 Å². The number of methoxy groups -OCH3 is 3. The van der Waals surface area contributed by atoms with Crippen molar-refractivity contribution in [2.75, 3.05) is 26.6 Å². The predicted octanol–water partition coefficient (Wildman–Crippen LogP) is 1.62. The smallest absolute Gasteiger partial charge is 0.332 e. The minimum atomic E-state index is -0.413. The van der Waals surface area contributed by atoms with Gasteiger partial charge in [0.25, 0.3) is 5.56 Å². The van der Waals surface area contributed by atoms with Gasteiger partial charge in [-0.1, -0.05) is 0 Å². The summed E-state index contributed by atoms with van der Waals surface area (Å²) in [7, 11) is 7.98. The average Bonchev–Trinajstić information content (AvgIpc) is 3.16. The molecule has 0 fully saturated rings. The second kappa shape index (κ2) is 10.6. The van der Waals surface area contributed by atoms with Gasteiger partial charge in [-0.3, -0.25) is 13.9 Å². The van der Waals surface area contributed by atoms with E-state index in [9.17, 15) is 14.7 Å². The Morgan fingerprint density at radius 3 is 2.24 bits per heavy atom. The first-order chi connectivity index (χ1) is 16.2. The van der Waals surface area contributed by atoms with E-state index in [-0.39, 0.29) is 12.1 Å². The van der Waals surface area contributed by atoms with Crippen LogP contribution in [-0.4, -0.2) is 51.2 Å². The zero-order valence-corrected chi connectivity index (χ0v) is 20.5. The molecule has 2 aromatic heterocycles. The lowest BCUT2D eigenvalue weighted by Crippen LogP contribution is -2.39. The number of rotatable bonds is 11. The number of aromatic nitrogens is 4. The van der Waals surface area contributed by atoms with Gasteiger partial charge in [-0.25, -0.2) is 4.79 Å². The molecule has 1 atom stereocenters. The molecular weight excluding hydrogens is 442 g/mol. The monoisotopic (exact) mass is 475 g/mol. The first-order valence-electron chi connectivity index (χ1n) is 11.1. The summed E-state index contributed by atoms with van der Waals surface area (Å²) in [6, 6.07) is 3.65. The summed E-state index contributed by atoms with van der Waals surface area (Å²) in [6.07, 6.45) is 1.56. The van der Waals surface area contributed by atoms with Gasteiger partial charge in [0.2, 0.25) is 11.7 Å². The normalized spacial score (nSPS) is 12.1. The number of anilines is 1. The van der Waals surface area contributed by atoms with Crippen molar-refractivity contribution in [3.63, 3.8) is 0 Å². The van der Waals surface area contributed by atoms with E-state index in [4.69, 9.17) is 14.2 Å². The standard InChI is InChI=1S/C23H33N5O6/c1-14(29)9-7-8-10-28-21(30)18-20(27(3)23(28)31)25-22(26(18)2)24-13-15-11-16(32-4)19(34-6)17(12-15)33-5/h11-12,14,29H,7-10,13H2,1-6H3,(H,24,25). The number of unbranched alkanes of at least 4 members (excludes halogenated alkanes) is 1. The van der Waals surface area contributed by atoms with Crippen LogP contribution in [-0.2, 0) is 27.2 Å². The Labute approximate surface area is 197 Å². The molecule has 186 valence electrons. The van der Waals surface area contributed by atoms with Gasteiger partial charge in [0.05, 0.1) is 27.4 Å². The molecule has 1 aromatic carbocycles. The Morgan fingerprint density at radius 2 is 1.68 bits per heavy atom. The molecule has 34 heavy (non-hydrogen) atoms. The van der Waals surface area contributed by atoms with Gasteiger partial charge in [-0.15, -0.1) is 0 Å². The van der Waals surface area contributed by atoms with E-state index in [0.717, 1.165) is 12.0 Å². The van der Waals surface area contributed by atoms with Crippen molar-refractivity contribution >= 4 is 17.1 Å². The summed E-state index contributed by atoms with van der Waals surface area (Å²) in [5.41, 5.74) is 0.705. The number of benzene rings is 1. The second-order valence-electron chi connectivity index (χ2n) is 8.20. The number of nitrogens with zero attached hydrogens (tertiary/aromatic N) is 4. The number of imidazole rings is 1. The minimum absolute atomic E-state index is 0.285. The summed E-state index contributed by atoms with van der Waals surface area (Å²) in [5, 5.41) is 12.7. The summed E-state index contributed by atoms with van der Waals surface area (Å²) < 4.78 is 20.4. The lowest BCUT2D eigenvalue weighted by Gasteiger charge is -2.14. The quantitative estimate of drug-likeness (QED) is 0.401. The molecular formula is C23H33N5O6. The number of aliphatic hydroxyl groups is 1. The zero-order valence-electron chi connectivity index (χ0n) is 20.5. The second-order valence-corrected chi connectivity index (χ2v) is 8.20. The molecule has 0 saturated heterocycles. The zero-order chi connectivity index (χ0) is 25.0. The van der Waals surface area contributed by atoms with E-state index in [1.54, 1.807) is 46.9 Å². The number of hydrogen-bond acceptors (Lipinski definition) is 8. The predicted molar refractivity (Wildman–Crippen MR) is 129 cm³/mol. The van der Waals surface area contributed by atoms with Crippen molar-refractivity contribution in [3.05, 3.63) is 38.5 Å². The highest BCUT2D eigenvalue weighted by atomic mass is 16.5. The van der Waals surface area contributed by atoms with Crippen LogP contribution < -0.4 is 30.8 Å². The van der Waals surface area contributed by atoms with E-state index < -0.39 is 11.8 Å². The molecule has 3 aromatic rings. The molecule has 2 N–H and O–H groups in total. The van der Waals surface area contributed by atoms with Gasteiger partial charge in [-0.05, 0) is 43.9 Å². The third kappa shape index (κ3) is 4.89. The summed E-state index contributed by atoms with van der Waals surface area (Å²) in [4.78, 5) is 30.4. The molecule has 2 heterocycles. The van der Waals surface area contributed by atoms with Crippen molar-refractivity contribution in [2.24, 2.45) is 14.1 Å². The number of aliphatic hydroxyl groups excluding tert-OH is 1. The van der Waals surface area contributed by atoms with Crippen LogP contribution in [0.4, 0.5) is 5.95 Å². The fraction of sp³-hybridized carbons (Fsp3) is 0.522. The largest absolute Gasteiger partial charge is 0.493 e. The van der Waals surface area contributed by atoms with Crippen molar-refractivity contribution in [3.8, 4) is 17.2 Å². The highest BCUT2D eigenvalue weighted by molar-refractivity contribution is 5.74. The van der Waals surface area contributed by atoms with E-state index in [0.29, 0.717) is 53.7 Å². The third-order valence-corrected chi connectivity index (χ3v) is 5.79. The van der Waals surface area contributed by atoms with E-state index >= 15 is 0 Å². The fourth-order valence-corrected chi connectivity index (χ4v) is 3.93.